The highest BCUT2D eigenvalue weighted by atomic mass is 16.5. The molecule has 2 aliphatic rings. The standard InChI is InChI=1S/C27H33N5O5/c1-17(2)15-21(28-25(34)18-5-7-20(8-6-18)29(3)4)27(36)31-14-11-22-24(31)23(33)16-32(22)26(35)19-9-12-30(37)13-10-19/h5-10,12-13,17,21-22,24H,11,14-16H2,1-4H3,(H,28,34). The number of aromatic nitrogens is 1. The van der Waals surface area contributed by atoms with E-state index in [1.165, 1.54) is 34.3 Å². The minimum absolute atomic E-state index is 0.0936. The van der Waals surface area contributed by atoms with Gasteiger partial charge in [0, 0.05) is 44.0 Å². The first-order valence-electron chi connectivity index (χ1n) is 12.5. The summed E-state index contributed by atoms with van der Waals surface area (Å²) in [7, 11) is 3.83. The minimum atomic E-state index is -0.793. The monoisotopic (exact) mass is 507 g/mol. The Morgan fingerprint density at radius 3 is 2.30 bits per heavy atom. The molecule has 3 unspecified atom stereocenters. The van der Waals surface area contributed by atoms with Crippen LogP contribution in [0.4, 0.5) is 5.69 Å². The van der Waals surface area contributed by atoms with Crippen LogP contribution in [0.2, 0.25) is 0 Å². The van der Waals surface area contributed by atoms with E-state index in [1.54, 1.807) is 12.1 Å². The molecule has 3 amide bonds. The van der Waals surface area contributed by atoms with E-state index in [2.05, 4.69) is 5.32 Å². The van der Waals surface area contributed by atoms with Crippen LogP contribution in [0.1, 0.15) is 47.4 Å². The zero-order chi connectivity index (χ0) is 26.9. The van der Waals surface area contributed by atoms with Gasteiger partial charge in [0.05, 0.1) is 18.2 Å². The van der Waals surface area contributed by atoms with E-state index in [9.17, 15) is 24.4 Å². The number of rotatable bonds is 7. The van der Waals surface area contributed by atoms with Crippen molar-refractivity contribution >= 4 is 29.2 Å². The van der Waals surface area contributed by atoms with Gasteiger partial charge in [0.2, 0.25) is 5.91 Å². The van der Waals surface area contributed by atoms with Gasteiger partial charge in [-0.25, -0.2) is 0 Å². The second kappa shape index (κ2) is 10.6. The number of hydrogen-bond donors (Lipinski definition) is 1. The van der Waals surface area contributed by atoms with Crippen LogP contribution in [0.3, 0.4) is 0 Å². The van der Waals surface area contributed by atoms with Gasteiger partial charge in [0.25, 0.3) is 11.8 Å². The van der Waals surface area contributed by atoms with Crippen molar-refractivity contribution in [3.63, 3.8) is 0 Å². The van der Waals surface area contributed by atoms with E-state index in [0.29, 0.717) is 35.2 Å². The normalized spacial score (nSPS) is 19.6. The molecule has 37 heavy (non-hydrogen) atoms. The first-order chi connectivity index (χ1) is 17.6. The lowest BCUT2D eigenvalue weighted by molar-refractivity contribution is -0.605. The Hall–Kier alpha value is -3.95. The number of fused-ring (bicyclic) bond motifs is 1. The van der Waals surface area contributed by atoms with E-state index in [4.69, 9.17) is 0 Å². The minimum Gasteiger partial charge on any atom is -0.619 e. The van der Waals surface area contributed by atoms with Crippen molar-refractivity contribution in [2.24, 2.45) is 5.92 Å². The molecule has 1 aromatic heterocycles. The SMILES string of the molecule is CC(C)CC(NC(=O)c1ccc(N(C)C)cc1)C(=O)N1CCC2C1C(=O)CN2C(=O)c1cc[n+]([O-])cc1. The zero-order valence-electron chi connectivity index (χ0n) is 21.6. The third-order valence-electron chi connectivity index (χ3n) is 6.97. The van der Waals surface area contributed by atoms with Gasteiger partial charge in [-0.15, -0.1) is 0 Å². The number of Topliss-reactive ketones (excluding diaryl/α,β-unsaturated/α-hetero) is 1. The van der Waals surface area contributed by atoms with E-state index in [0.717, 1.165) is 5.69 Å². The summed E-state index contributed by atoms with van der Waals surface area (Å²) < 4.78 is 0.588. The molecule has 1 N–H and O–H groups in total. The van der Waals surface area contributed by atoms with Crippen molar-refractivity contribution in [2.45, 2.75) is 44.8 Å². The number of likely N-dealkylation sites (tertiary alicyclic amines) is 2. The van der Waals surface area contributed by atoms with Gasteiger partial charge in [0.15, 0.2) is 18.2 Å². The maximum Gasteiger partial charge on any atom is 0.255 e. The Balaban J connectivity index is 1.49. The van der Waals surface area contributed by atoms with Gasteiger partial charge in [-0.2, -0.15) is 4.73 Å². The number of benzene rings is 1. The third-order valence-corrected chi connectivity index (χ3v) is 6.97. The van der Waals surface area contributed by atoms with Gasteiger partial charge in [-0.05, 0) is 43.0 Å². The molecule has 4 rings (SSSR count). The van der Waals surface area contributed by atoms with Crippen molar-refractivity contribution in [1.29, 1.82) is 0 Å². The molecule has 3 atom stereocenters. The molecule has 0 bridgehead atoms. The first-order valence-corrected chi connectivity index (χ1v) is 12.5. The molecule has 1 aromatic carbocycles. The number of pyridine rings is 1. The van der Waals surface area contributed by atoms with E-state index < -0.39 is 18.1 Å². The van der Waals surface area contributed by atoms with Crippen LogP contribution in [0.5, 0.6) is 0 Å². The van der Waals surface area contributed by atoms with Crippen molar-refractivity contribution in [2.75, 3.05) is 32.1 Å². The molecule has 0 aliphatic carbocycles. The second-order valence-corrected chi connectivity index (χ2v) is 10.3. The van der Waals surface area contributed by atoms with Crippen molar-refractivity contribution in [3.8, 4) is 0 Å². The molecule has 196 valence electrons. The Morgan fingerprint density at radius 2 is 1.70 bits per heavy atom. The maximum atomic E-state index is 13.7. The molecule has 2 aliphatic heterocycles. The van der Waals surface area contributed by atoms with Gasteiger partial charge in [0.1, 0.15) is 12.1 Å². The highest BCUT2D eigenvalue weighted by molar-refractivity contribution is 6.03. The molecular weight excluding hydrogens is 474 g/mol. The quantitative estimate of drug-likeness (QED) is 0.445. The van der Waals surface area contributed by atoms with Crippen molar-refractivity contribution in [3.05, 3.63) is 65.1 Å². The summed E-state index contributed by atoms with van der Waals surface area (Å²) in [5.41, 5.74) is 1.72. The molecular formula is C27H33N5O5. The van der Waals surface area contributed by atoms with E-state index in [1.807, 2.05) is 45.0 Å². The van der Waals surface area contributed by atoms with Crippen LogP contribution in [-0.2, 0) is 9.59 Å². The number of carbonyl (C=O) groups is 4. The van der Waals surface area contributed by atoms with Crippen LogP contribution in [-0.4, -0.2) is 78.6 Å². The number of hydrogen-bond acceptors (Lipinski definition) is 6. The second-order valence-electron chi connectivity index (χ2n) is 10.3. The largest absolute Gasteiger partial charge is 0.619 e. The third kappa shape index (κ3) is 5.42. The Bertz CT molecular complexity index is 1180. The molecule has 2 fully saturated rings. The van der Waals surface area contributed by atoms with Crippen LogP contribution in [0.25, 0.3) is 0 Å². The Labute approximate surface area is 216 Å². The topological polar surface area (TPSA) is 117 Å². The fraction of sp³-hybridized carbons (Fsp3) is 0.444. The highest BCUT2D eigenvalue weighted by Gasteiger charge is 2.52. The lowest BCUT2D eigenvalue weighted by atomic mass is 10.0. The fourth-order valence-corrected chi connectivity index (χ4v) is 5.11. The van der Waals surface area contributed by atoms with Crippen molar-refractivity contribution in [1.82, 2.24) is 15.1 Å². The van der Waals surface area contributed by atoms with Crippen LogP contribution in [0, 0.1) is 11.1 Å². The number of ketones is 1. The summed E-state index contributed by atoms with van der Waals surface area (Å²) in [6.45, 7) is 4.17. The Kier molecular flexibility index (Phi) is 7.47. The van der Waals surface area contributed by atoms with Crippen molar-refractivity contribution < 1.29 is 23.9 Å². The summed E-state index contributed by atoms with van der Waals surface area (Å²) >= 11 is 0. The molecule has 0 radical (unpaired) electrons. The van der Waals surface area contributed by atoms with Gasteiger partial charge < -0.3 is 25.2 Å². The van der Waals surface area contributed by atoms with Gasteiger partial charge >= 0.3 is 0 Å². The number of carbonyl (C=O) groups excluding carboxylic acids is 4. The Morgan fingerprint density at radius 1 is 1.05 bits per heavy atom. The maximum absolute atomic E-state index is 13.7. The van der Waals surface area contributed by atoms with E-state index in [-0.39, 0.29) is 36.0 Å². The molecule has 10 heteroatoms. The molecule has 0 saturated carbocycles. The van der Waals surface area contributed by atoms with Crippen LogP contribution in [0.15, 0.2) is 48.8 Å². The highest BCUT2D eigenvalue weighted by Crippen LogP contribution is 2.31. The predicted molar refractivity (Wildman–Crippen MR) is 137 cm³/mol. The summed E-state index contributed by atoms with van der Waals surface area (Å²) in [5, 5.41) is 14.2. The van der Waals surface area contributed by atoms with Gasteiger partial charge in [-0.1, -0.05) is 13.8 Å². The zero-order valence-corrected chi connectivity index (χ0v) is 21.6. The molecule has 0 spiro atoms. The summed E-state index contributed by atoms with van der Waals surface area (Å²) in [6, 6.07) is 7.99. The smallest absolute Gasteiger partial charge is 0.255 e. The molecule has 2 aromatic rings. The fourth-order valence-electron chi connectivity index (χ4n) is 5.11. The number of anilines is 1. The van der Waals surface area contributed by atoms with Crippen LogP contribution < -0.4 is 14.9 Å². The molecule has 3 heterocycles. The van der Waals surface area contributed by atoms with Crippen LogP contribution >= 0.6 is 0 Å². The average Bonchev–Trinajstić information content (AvgIpc) is 3.44. The number of nitrogens with zero attached hydrogens (tertiary/aromatic N) is 4. The lowest BCUT2D eigenvalue weighted by Gasteiger charge is -2.29. The summed E-state index contributed by atoms with van der Waals surface area (Å²) in [6.07, 6.45) is 3.36. The number of amides is 3. The average molecular weight is 508 g/mol. The molecule has 2 saturated heterocycles. The molecule has 10 nitrogen and oxygen atoms in total. The summed E-state index contributed by atoms with van der Waals surface area (Å²) in [4.78, 5) is 57.7. The predicted octanol–water partition coefficient (Wildman–Crippen LogP) is 1.23. The first kappa shape index (κ1) is 26.1. The number of nitrogens with one attached hydrogen (secondary N) is 1. The summed E-state index contributed by atoms with van der Waals surface area (Å²) in [5.74, 6) is -1.08. The van der Waals surface area contributed by atoms with E-state index >= 15 is 0 Å². The van der Waals surface area contributed by atoms with Gasteiger partial charge in [-0.3, -0.25) is 19.2 Å². The lowest BCUT2D eigenvalue weighted by Crippen LogP contribution is -2.53.